The maximum absolute atomic E-state index is 5.20. The zero-order chi connectivity index (χ0) is 7.40. The molecular weight excluding hydrogens is 128 g/mol. The van der Waals surface area contributed by atoms with Gasteiger partial charge in [0.05, 0.1) is 13.3 Å². The van der Waals surface area contributed by atoms with Gasteiger partial charge in [0.2, 0.25) is 0 Å². The van der Waals surface area contributed by atoms with E-state index in [1.54, 1.807) is 0 Å². The number of rotatable bonds is 3. The molecule has 1 saturated heterocycles. The van der Waals surface area contributed by atoms with Crippen molar-refractivity contribution in [2.75, 3.05) is 47.1 Å². The molecule has 1 heterocycles. The smallest absolute Gasteiger partial charge is 0.0992 e. The summed E-state index contributed by atoms with van der Waals surface area (Å²) in [6.45, 7) is 5.10. The van der Waals surface area contributed by atoms with Crippen LogP contribution in [0.25, 0.3) is 0 Å². The van der Waals surface area contributed by atoms with E-state index in [9.17, 15) is 0 Å². The molecule has 0 aliphatic carbocycles. The summed E-state index contributed by atoms with van der Waals surface area (Å²) in [5.74, 6) is 0. The van der Waals surface area contributed by atoms with Gasteiger partial charge < -0.3 is 9.64 Å². The molecule has 3 nitrogen and oxygen atoms in total. The van der Waals surface area contributed by atoms with Crippen LogP contribution in [0.2, 0.25) is 0 Å². The van der Waals surface area contributed by atoms with Gasteiger partial charge in [0, 0.05) is 19.6 Å². The summed E-state index contributed by atoms with van der Waals surface area (Å²) < 4.78 is 5.20. The predicted octanol–water partition coefficient (Wildman–Crippen LogP) is -0.162. The molecule has 3 heteroatoms. The Morgan fingerprint density at radius 2 is 2.30 bits per heavy atom. The molecule has 1 rings (SSSR count). The van der Waals surface area contributed by atoms with Crippen molar-refractivity contribution in [3.8, 4) is 0 Å². The highest BCUT2D eigenvalue weighted by Crippen LogP contribution is 1.97. The summed E-state index contributed by atoms with van der Waals surface area (Å²) in [5.41, 5.74) is 0. The monoisotopic (exact) mass is 144 g/mol. The Labute approximate surface area is 62.6 Å². The molecule has 0 radical (unpaired) electrons. The predicted molar refractivity (Wildman–Crippen MR) is 40.9 cm³/mol. The zero-order valence-corrected chi connectivity index (χ0v) is 6.84. The largest absolute Gasteiger partial charge is 0.365 e. The molecule has 0 aromatic heterocycles. The number of likely N-dealkylation sites (N-methyl/N-ethyl adjacent to an activating group) is 1. The van der Waals surface area contributed by atoms with Gasteiger partial charge in [-0.2, -0.15) is 0 Å². The molecule has 1 fully saturated rings. The van der Waals surface area contributed by atoms with Crippen molar-refractivity contribution in [3.05, 3.63) is 0 Å². The Morgan fingerprint density at radius 1 is 1.50 bits per heavy atom. The fourth-order valence-corrected chi connectivity index (χ4v) is 0.970. The maximum atomic E-state index is 5.20. The first-order valence-corrected chi connectivity index (χ1v) is 3.74. The van der Waals surface area contributed by atoms with Gasteiger partial charge in [-0.1, -0.05) is 0 Å². The SMILES string of the molecule is CN(C)CCN1CCOC1. The molecule has 0 unspecified atom stereocenters. The highest BCUT2D eigenvalue weighted by Gasteiger charge is 2.10. The number of hydrogen-bond donors (Lipinski definition) is 0. The normalized spacial score (nSPS) is 20.7. The first-order chi connectivity index (χ1) is 4.79. The lowest BCUT2D eigenvalue weighted by Crippen LogP contribution is -2.29. The lowest BCUT2D eigenvalue weighted by atomic mass is 10.5. The lowest BCUT2D eigenvalue weighted by molar-refractivity contribution is 0.136. The molecule has 10 heavy (non-hydrogen) atoms. The minimum atomic E-state index is 0.827. The first-order valence-electron chi connectivity index (χ1n) is 3.74. The molecule has 0 atom stereocenters. The Hall–Kier alpha value is -0.120. The fourth-order valence-electron chi connectivity index (χ4n) is 0.970. The van der Waals surface area contributed by atoms with Crippen LogP contribution in [0.15, 0.2) is 0 Å². The van der Waals surface area contributed by atoms with Gasteiger partial charge in [-0.25, -0.2) is 0 Å². The summed E-state index contributed by atoms with van der Waals surface area (Å²) in [4.78, 5) is 4.51. The zero-order valence-electron chi connectivity index (χ0n) is 6.84. The Bertz CT molecular complexity index is 89.6. The third-order valence-corrected chi connectivity index (χ3v) is 1.69. The topological polar surface area (TPSA) is 15.7 Å². The molecule has 60 valence electrons. The van der Waals surface area contributed by atoms with E-state index in [0.29, 0.717) is 0 Å². The third-order valence-electron chi connectivity index (χ3n) is 1.69. The van der Waals surface area contributed by atoms with Gasteiger partial charge in [0.1, 0.15) is 0 Å². The van der Waals surface area contributed by atoms with E-state index in [1.165, 1.54) is 0 Å². The molecule has 0 N–H and O–H groups in total. The standard InChI is InChI=1S/C7H16N2O/c1-8(2)3-4-9-5-6-10-7-9/h3-7H2,1-2H3. The minimum Gasteiger partial charge on any atom is -0.365 e. The average Bonchev–Trinajstić information content (AvgIpc) is 2.34. The van der Waals surface area contributed by atoms with Gasteiger partial charge in [-0.15, -0.1) is 0 Å². The van der Waals surface area contributed by atoms with E-state index in [1.807, 2.05) is 0 Å². The molecule has 0 saturated carbocycles. The van der Waals surface area contributed by atoms with Crippen molar-refractivity contribution in [2.24, 2.45) is 0 Å². The van der Waals surface area contributed by atoms with Gasteiger partial charge in [-0.05, 0) is 14.1 Å². The van der Waals surface area contributed by atoms with E-state index in [2.05, 4.69) is 23.9 Å². The summed E-state index contributed by atoms with van der Waals surface area (Å²) in [6.07, 6.45) is 0. The van der Waals surface area contributed by atoms with E-state index >= 15 is 0 Å². The molecule has 0 spiro atoms. The second kappa shape index (κ2) is 3.91. The second-order valence-corrected chi connectivity index (χ2v) is 2.96. The molecule has 0 amide bonds. The van der Waals surface area contributed by atoms with E-state index in [0.717, 1.165) is 33.0 Å². The molecular formula is C7H16N2O. The quantitative estimate of drug-likeness (QED) is 0.547. The number of hydrogen-bond acceptors (Lipinski definition) is 3. The van der Waals surface area contributed by atoms with Gasteiger partial charge in [-0.3, -0.25) is 4.90 Å². The van der Waals surface area contributed by atoms with Crippen LogP contribution in [0.1, 0.15) is 0 Å². The van der Waals surface area contributed by atoms with E-state index in [-0.39, 0.29) is 0 Å². The maximum Gasteiger partial charge on any atom is 0.0992 e. The lowest BCUT2D eigenvalue weighted by Gasteiger charge is -2.15. The van der Waals surface area contributed by atoms with Crippen LogP contribution in [0, 0.1) is 0 Å². The minimum absolute atomic E-state index is 0.827. The van der Waals surface area contributed by atoms with Gasteiger partial charge >= 0.3 is 0 Å². The molecule has 1 aliphatic heterocycles. The van der Waals surface area contributed by atoms with Gasteiger partial charge in [0.25, 0.3) is 0 Å². The van der Waals surface area contributed by atoms with Crippen molar-refractivity contribution in [3.63, 3.8) is 0 Å². The second-order valence-electron chi connectivity index (χ2n) is 2.96. The van der Waals surface area contributed by atoms with Crippen molar-refractivity contribution >= 4 is 0 Å². The van der Waals surface area contributed by atoms with Crippen molar-refractivity contribution in [2.45, 2.75) is 0 Å². The van der Waals surface area contributed by atoms with Crippen molar-refractivity contribution in [1.82, 2.24) is 9.80 Å². The summed E-state index contributed by atoms with van der Waals surface area (Å²) in [6, 6.07) is 0. The Kier molecular flexibility index (Phi) is 3.12. The number of nitrogens with zero attached hydrogens (tertiary/aromatic N) is 2. The van der Waals surface area contributed by atoms with Crippen LogP contribution in [-0.4, -0.2) is 56.9 Å². The average molecular weight is 144 g/mol. The highest BCUT2D eigenvalue weighted by atomic mass is 16.5. The van der Waals surface area contributed by atoms with E-state index < -0.39 is 0 Å². The summed E-state index contributed by atoms with van der Waals surface area (Å²) in [5, 5.41) is 0. The van der Waals surface area contributed by atoms with Crippen LogP contribution in [0.3, 0.4) is 0 Å². The van der Waals surface area contributed by atoms with Crippen LogP contribution >= 0.6 is 0 Å². The summed E-state index contributed by atoms with van der Waals surface area (Å²) >= 11 is 0. The molecule has 0 aromatic carbocycles. The van der Waals surface area contributed by atoms with Crippen molar-refractivity contribution in [1.29, 1.82) is 0 Å². The third kappa shape index (κ3) is 2.64. The Morgan fingerprint density at radius 3 is 2.80 bits per heavy atom. The van der Waals surface area contributed by atoms with Crippen molar-refractivity contribution < 1.29 is 4.74 Å². The van der Waals surface area contributed by atoms with Crippen LogP contribution in [0.5, 0.6) is 0 Å². The summed E-state index contributed by atoms with van der Waals surface area (Å²) in [7, 11) is 4.19. The Balaban J connectivity index is 2.01. The van der Waals surface area contributed by atoms with Crippen LogP contribution < -0.4 is 0 Å². The number of ether oxygens (including phenoxy) is 1. The molecule has 0 bridgehead atoms. The molecule has 0 aromatic rings. The van der Waals surface area contributed by atoms with Crippen LogP contribution in [0.4, 0.5) is 0 Å². The fraction of sp³-hybridized carbons (Fsp3) is 1.00. The van der Waals surface area contributed by atoms with Gasteiger partial charge in [0.15, 0.2) is 0 Å². The molecule has 1 aliphatic rings. The highest BCUT2D eigenvalue weighted by molar-refractivity contribution is 4.59. The first kappa shape index (κ1) is 7.98. The van der Waals surface area contributed by atoms with E-state index in [4.69, 9.17) is 4.74 Å². The van der Waals surface area contributed by atoms with Crippen LogP contribution in [-0.2, 0) is 4.74 Å².